The first-order valence-corrected chi connectivity index (χ1v) is 6.29. The van der Waals surface area contributed by atoms with Crippen LogP contribution in [0.2, 0.25) is 0 Å². The van der Waals surface area contributed by atoms with Gasteiger partial charge in [-0.1, -0.05) is 18.2 Å². The normalized spacial score (nSPS) is 10.8. The lowest BCUT2D eigenvalue weighted by atomic mass is 10.0. The van der Waals surface area contributed by atoms with Crippen LogP contribution in [-0.2, 0) is 18.3 Å². The van der Waals surface area contributed by atoms with Crippen LogP contribution in [-0.4, -0.2) is 33.6 Å². The molecule has 0 saturated heterocycles. The molecule has 10 heteroatoms. The number of alkyl halides is 3. The van der Waals surface area contributed by atoms with Crippen molar-refractivity contribution in [3.8, 4) is 11.5 Å². The largest absolute Gasteiger partial charge is 0.490 e. The van der Waals surface area contributed by atoms with E-state index in [4.69, 9.17) is 20.1 Å². The summed E-state index contributed by atoms with van der Waals surface area (Å²) >= 11 is 0. The Bertz CT molecular complexity index is 722. The summed E-state index contributed by atoms with van der Waals surface area (Å²) in [5.74, 6) is -2.87. The van der Waals surface area contributed by atoms with Gasteiger partial charge in [0.1, 0.15) is 0 Å². The summed E-state index contributed by atoms with van der Waals surface area (Å²) in [5, 5.41) is 11.1. The van der Waals surface area contributed by atoms with Crippen LogP contribution in [0.4, 0.5) is 13.2 Å². The van der Waals surface area contributed by atoms with E-state index in [0.717, 1.165) is 17.5 Å². The fraction of sp³-hybridized carbons (Fsp3) is 0.308. The molecule has 2 aromatic rings. The molecular formula is C13H14F3N3O4. The van der Waals surface area contributed by atoms with Crippen molar-refractivity contribution in [1.29, 1.82) is 0 Å². The first kappa shape index (κ1) is 18.4. The third kappa shape index (κ3) is 5.25. The molecule has 0 amide bonds. The molecule has 0 atom stereocenters. The maximum atomic E-state index is 11.2. The minimum absolute atomic E-state index is 0.344. The molecule has 0 aliphatic heterocycles. The Labute approximate surface area is 128 Å². The highest BCUT2D eigenvalue weighted by molar-refractivity contribution is 5.73. The zero-order valence-electron chi connectivity index (χ0n) is 12.0. The van der Waals surface area contributed by atoms with Crippen LogP contribution >= 0.6 is 0 Å². The Morgan fingerprint density at radius 1 is 1.39 bits per heavy atom. The maximum Gasteiger partial charge on any atom is 0.490 e. The predicted molar refractivity (Wildman–Crippen MR) is 73.6 cm³/mol. The van der Waals surface area contributed by atoms with E-state index in [1.54, 1.807) is 7.05 Å². The van der Waals surface area contributed by atoms with Gasteiger partial charge in [-0.15, -0.1) is 5.10 Å². The number of nitrogens with zero attached hydrogens (tertiary/aromatic N) is 2. The molecule has 1 heterocycles. The summed E-state index contributed by atoms with van der Waals surface area (Å²) < 4.78 is 38.0. The number of aromatic nitrogens is 2. The molecule has 3 N–H and O–H groups in total. The number of carboxylic acids is 1. The van der Waals surface area contributed by atoms with Gasteiger partial charge in [0, 0.05) is 12.6 Å². The van der Waals surface area contributed by atoms with Crippen LogP contribution in [0.5, 0.6) is 0 Å². The van der Waals surface area contributed by atoms with Crippen molar-refractivity contribution in [3.63, 3.8) is 0 Å². The van der Waals surface area contributed by atoms with Crippen LogP contribution in [0.1, 0.15) is 5.56 Å². The SMILES string of the molecule is Cn1nc(-c2ccccc2CCN)oc1=O.O=C(O)C(F)(F)F. The van der Waals surface area contributed by atoms with Gasteiger partial charge in [-0.2, -0.15) is 17.9 Å². The molecule has 7 nitrogen and oxygen atoms in total. The van der Waals surface area contributed by atoms with Crippen LogP contribution in [0.3, 0.4) is 0 Å². The molecule has 0 bridgehead atoms. The summed E-state index contributed by atoms with van der Waals surface area (Å²) in [7, 11) is 1.56. The molecule has 0 fully saturated rings. The van der Waals surface area contributed by atoms with Gasteiger partial charge < -0.3 is 15.3 Å². The molecule has 2 rings (SSSR count). The van der Waals surface area contributed by atoms with E-state index in [0.29, 0.717) is 12.4 Å². The second kappa shape index (κ2) is 7.58. The van der Waals surface area contributed by atoms with Gasteiger partial charge in [0.25, 0.3) is 0 Å². The maximum absolute atomic E-state index is 11.2. The van der Waals surface area contributed by atoms with Gasteiger partial charge in [0.05, 0.1) is 0 Å². The van der Waals surface area contributed by atoms with Crippen molar-refractivity contribution in [2.24, 2.45) is 12.8 Å². The molecule has 1 aromatic heterocycles. The minimum atomic E-state index is -5.08. The van der Waals surface area contributed by atoms with E-state index in [2.05, 4.69) is 5.10 Å². The number of aliphatic carboxylic acids is 1. The highest BCUT2D eigenvalue weighted by atomic mass is 19.4. The predicted octanol–water partition coefficient (Wildman–Crippen LogP) is 1.17. The summed E-state index contributed by atoms with van der Waals surface area (Å²) in [6.45, 7) is 0.550. The number of rotatable bonds is 3. The lowest BCUT2D eigenvalue weighted by Gasteiger charge is -2.03. The van der Waals surface area contributed by atoms with Crippen molar-refractivity contribution in [1.82, 2.24) is 9.78 Å². The Hall–Kier alpha value is -2.62. The number of carbonyl (C=O) groups is 1. The Morgan fingerprint density at radius 2 is 1.96 bits per heavy atom. The van der Waals surface area contributed by atoms with E-state index in [1.165, 1.54) is 4.68 Å². The Morgan fingerprint density at radius 3 is 2.39 bits per heavy atom. The van der Waals surface area contributed by atoms with Crippen LogP contribution in [0.15, 0.2) is 33.5 Å². The monoisotopic (exact) mass is 333 g/mol. The standard InChI is InChI=1S/C11H13N3O2.C2HF3O2/c1-14-11(15)16-10(13-14)9-5-3-2-4-8(9)6-7-12;3-2(4,5)1(6)7/h2-5H,6-7,12H2,1H3;(H,6,7). The van der Waals surface area contributed by atoms with E-state index in [9.17, 15) is 18.0 Å². The van der Waals surface area contributed by atoms with Gasteiger partial charge >= 0.3 is 17.9 Å². The number of nitrogens with two attached hydrogens (primary N) is 1. The van der Waals surface area contributed by atoms with E-state index >= 15 is 0 Å². The highest BCUT2D eigenvalue weighted by Gasteiger charge is 2.38. The first-order chi connectivity index (χ1) is 10.7. The summed E-state index contributed by atoms with van der Waals surface area (Å²) in [6.07, 6.45) is -4.35. The fourth-order valence-corrected chi connectivity index (χ4v) is 1.56. The van der Waals surface area contributed by atoms with Crippen LogP contribution in [0, 0.1) is 0 Å². The number of carboxylic acid groups (broad SMARTS) is 1. The second-order valence-electron chi connectivity index (χ2n) is 4.30. The zero-order chi connectivity index (χ0) is 17.6. The highest BCUT2D eigenvalue weighted by Crippen LogP contribution is 2.20. The fourth-order valence-electron chi connectivity index (χ4n) is 1.56. The minimum Gasteiger partial charge on any atom is -0.475 e. The Balaban J connectivity index is 0.000000322. The summed E-state index contributed by atoms with van der Waals surface area (Å²) in [4.78, 5) is 20.1. The smallest absolute Gasteiger partial charge is 0.475 e. The van der Waals surface area contributed by atoms with Crippen molar-refractivity contribution >= 4 is 5.97 Å². The van der Waals surface area contributed by atoms with Crippen molar-refractivity contribution < 1.29 is 27.5 Å². The third-order valence-electron chi connectivity index (χ3n) is 2.59. The van der Waals surface area contributed by atoms with E-state index < -0.39 is 17.9 Å². The van der Waals surface area contributed by atoms with Crippen molar-refractivity contribution in [2.45, 2.75) is 12.6 Å². The number of hydrogen-bond acceptors (Lipinski definition) is 5. The molecule has 0 aliphatic rings. The molecule has 0 radical (unpaired) electrons. The van der Waals surface area contributed by atoms with Gasteiger partial charge in [-0.25, -0.2) is 9.59 Å². The molecule has 126 valence electrons. The number of hydrogen-bond donors (Lipinski definition) is 2. The molecule has 0 aliphatic carbocycles. The average Bonchev–Trinajstić information content (AvgIpc) is 2.79. The van der Waals surface area contributed by atoms with Gasteiger partial charge in [-0.3, -0.25) is 0 Å². The number of benzene rings is 1. The quantitative estimate of drug-likeness (QED) is 0.872. The molecule has 0 spiro atoms. The van der Waals surface area contributed by atoms with E-state index in [-0.39, 0.29) is 0 Å². The molecule has 0 saturated carbocycles. The summed E-state index contributed by atoms with van der Waals surface area (Å²) in [5.41, 5.74) is 7.38. The molecule has 0 unspecified atom stereocenters. The second-order valence-corrected chi connectivity index (χ2v) is 4.30. The van der Waals surface area contributed by atoms with Gasteiger partial charge in [0.15, 0.2) is 0 Å². The van der Waals surface area contributed by atoms with Gasteiger partial charge in [0.2, 0.25) is 5.89 Å². The van der Waals surface area contributed by atoms with Crippen molar-refractivity contribution in [3.05, 3.63) is 40.4 Å². The first-order valence-electron chi connectivity index (χ1n) is 6.29. The van der Waals surface area contributed by atoms with Crippen molar-refractivity contribution in [2.75, 3.05) is 6.54 Å². The van der Waals surface area contributed by atoms with Gasteiger partial charge in [-0.05, 0) is 24.6 Å². The zero-order valence-corrected chi connectivity index (χ0v) is 12.0. The van der Waals surface area contributed by atoms with E-state index in [1.807, 2.05) is 24.3 Å². The average molecular weight is 333 g/mol. The summed E-state index contributed by atoms with van der Waals surface area (Å²) in [6, 6.07) is 7.63. The van der Waals surface area contributed by atoms with Crippen LogP contribution < -0.4 is 11.5 Å². The van der Waals surface area contributed by atoms with Crippen LogP contribution in [0.25, 0.3) is 11.5 Å². The molecule has 1 aromatic carbocycles. The Kier molecular flexibility index (Phi) is 6.08. The topological polar surface area (TPSA) is 111 Å². The number of halogens is 3. The molecule has 23 heavy (non-hydrogen) atoms. The number of aryl methyl sites for hydroxylation is 1. The lowest BCUT2D eigenvalue weighted by molar-refractivity contribution is -0.192. The molecular weight excluding hydrogens is 319 g/mol. The third-order valence-corrected chi connectivity index (χ3v) is 2.59. The lowest BCUT2D eigenvalue weighted by Crippen LogP contribution is -2.21.